The summed E-state index contributed by atoms with van der Waals surface area (Å²) in [5, 5.41) is 23.2. The molecule has 1 saturated heterocycles. The van der Waals surface area contributed by atoms with E-state index in [0.717, 1.165) is 10.8 Å². The standard InChI is InChI=1S/C10H14N5O9P/c1-4-3-15(9(18)12-7(4)16)5-2-10(19,13-14-11)6(23-5)8(17)24-25(20,21)22/h3,5-6,8,17,19H,2H2,1H3,(H,12,16,18)(H2,20,21,22)/t5-,6-,8?,10+/m1/s1. The lowest BCUT2D eigenvalue weighted by Crippen LogP contribution is -2.44. The van der Waals surface area contributed by atoms with E-state index in [9.17, 15) is 24.4 Å². The summed E-state index contributed by atoms with van der Waals surface area (Å²) >= 11 is 0. The second kappa shape index (κ2) is 6.71. The smallest absolute Gasteiger partial charge is 0.381 e. The van der Waals surface area contributed by atoms with Crippen LogP contribution in [0.15, 0.2) is 20.9 Å². The predicted octanol–water partition coefficient (Wildman–Crippen LogP) is -1.44. The van der Waals surface area contributed by atoms with Gasteiger partial charge in [0.25, 0.3) is 5.56 Å². The molecule has 1 aliphatic rings. The number of hydrogen-bond acceptors (Lipinski definition) is 8. The van der Waals surface area contributed by atoms with Crippen molar-refractivity contribution in [2.75, 3.05) is 0 Å². The largest absolute Gasteiger partial charge is 0.472 e. The average molecular weight is 379 g/mol. The Bertz CT molecular complexity index is 870. The van der Waals surface area contributed by atoms with Gasteiger partial charge in [-0.05, 0) is 12.5 Å². The fraction of sp³-hybridized carbons (Fsp3) is 0.600. The summed E-state index contributed by atoms with van der Waals surface area (Å²) in [6.45, 7) is 1.40. The first-order valence-corrected chi connectivity index (χ1v) is 8.18. The summed E-state index contributed by atoms with van der Waals surface area (Å²) < 4.78 is 20.9. The van der Waals surface area contributed by atoms with Crippen LogP contribution in [0.4, 0.5) is 0 Å². The first kappa shape index (κ1) is 19.3. The van der Waals surface area contributed by atoms with E-state index in [4.69, 9.17) is 20.1 Å². The third-order valence-corrected chi connectivity index (χ3v) is 3.90. The zero-order chi connectivity index (χ0) is 19.0. The molecule has 1 unspecified atom stereocenters. The van der Waals surface area contributed by atoms with E-state index in [-0.39, 0.29) is 5.56 Å². The van der Waals surface area contributed by atoms with Gasteiger partial charge in [-0.1, -0.05) is 5.11 Å². The van der Waals surface area contributed by atoms with Gasteiger partial charge in [-0.2, -0.15) is 0 Å². The second-order valence-electron chi connectivity index (χ2n) is 5.25. The van der Waals surface area contributed by atoms with E-state index in [2.05, 4.69) is 14.5 Å². The zero-order valence-electron chi connectivity index (χ0n) is 12.6. The molecule has 0 spiro atoms. The molecule has 2 heterocycles. The first-order chi connectivity index (χ1) is 11.5. The molecule has 2 rings (SSSR count). The molecule has 25 heavy (non-hydrogen) atoms. The van der Waals surface area contributed by atoms with Crippen molar-refractivity contribution in [3.8, 4) is 0 Å². The minimum atomic E-state index is -5.16. The van der Waals surface area contributed by atoms with Crippen molar-refractivity contribution < 1.29 is 33.8 Å². The van der Waals surface area contributed by atoms with Gasteiger partial charge in [0.05, 0.1) is 0 Å². The second-order valence-corrected chi connectivity index (χ2v) is 6.44. The van der Waals surface area contributed by atoms with Gasteiger partial charge in [-0.15, -0.1) is 0 Å². The van der Waals surface area contributed by atoms with Crippen LogP contribution < -0.4 is 11.2 Å². The van der Waals surface area contributed by atoms with Gasteiger partial charge >= 0.3 is 13.5 Å². The molecule has 0 saturated carbocycles. The minimum absolute atomic E-state index is 0.131. The number of nitrogens with zero attached hydrogens (tertiary/aromatic N) is 4. The van der Waals surface area contributed by atoms with Crippen LogP contribution in [0.25, 0.3) is 10.4 Å². The number of nitrogens with one attached hydrogen (secondary N) is 1. The Kier molecular flexibility index (Phi) is 5.18. The zero-order valence-corrected chi connectivity index (χ0v) is 13.5. The molecular formula is C10H14N5O9P. The Morgan fingerprint density at radius 2 is 2.24 bits per heavy atom. The molecule has 1 aromatic heterocycles. The first-order valence-electron chi connectivity index (χ1n) is 6.65. The van der Waals surface area contributed by atoms with Crippen LogP contribution >= 0.6 is 7.82 Å². The molecule has 4 atom stereocenters. The fourth-order valence-corrected chi connectivity index (χ4v) is 2.72. The number of rotatable bonds is 5. The van der Waals surface area contributed by atoms with Crippen molar-refractivity contribution in [2.45, 2.75) is 37.7 Å². The molecule has 0 bridgehead atoms. The molecule has 0 radical (unpaired) electrons. The summed E-state index contributed by atoms with van der Waals surface area (Å²) in [6, 6.07) is 0. The number of azide groups is 1. The number of aliphatic hydroxyl groups excluding tert-OH is 1. The molecule has 0 aromatic carbocycles. The van der Waals surface area contributed by atoms with Crippen LogP contribution in [0.5, 0.6) is 0 Å². The van der Waals surface area contributed by atoms with Crippen LogP contribution in [0, 0.1) is 6.92 Å². The Morgan fingerprint density at radius 3 is 2.80 bits per heavy atom. The summed E-state index contributed by atoms with van der Waals surface area (Å²) in [5.41, 5.74) is 4.67. The van der Waals surface area contributed by atoms with Crippen LogP contribution in [-0.4, -0.2) is 47.7 Å². The van der Waals surface area contributed by atoms with Gasteiger partial charge in [0.15, 0.2) is 12.0 Å². The highest BCUT2D eigenvalue weighted by molar-refractivity contribution is 7.46. The molecule has 5 N–H and O–H groups in total. The molecule has 0 aliphatic carbocycles. The van der Waals surface area contributed by atoms with Gasteiger partial charge in [0.1, 0.15) is 12.3 Å². The Labute approximate surface area is 138 Å². The number of aromatic amines is 1. The van der Waals surface area contributed by atoms with E-state index in [1.54, 1.807) is 0 Å². The summed E-state index contributed by atoms with van der Waals surface area (Å²) in [4.78, 5) is 45.1. The molecule has 138 valence electrons. The van der Waals surface area contributed by atoms with Crippen molar-refractivity contribution in [2.24, 2.45) is 5.11 Å². The van der Waals surface area contributed by atoms with Gasteiger partial charge in [0.2, 0.25) is 0 Å². The van der Waals surface area contributed by atoms with E-state index in [0.29, 0.717) is 0 Å². The summed E-state index contributed by atoms with van der Waals surface area (Å²) in [6.07, 6.45) is -5.06. The number of phosphoric acid groups is 1. The predicted molar refractivity (Wildman–Crippen MR) is 77.8 cm³/mol. The minimum Gasteiger partial charge on any atom is -0.381 e. The Morgan fingerprint density at radius 1 is 1.60 bits per heavy atom. The molecule has 0 amide bonds. The monoisotopic (exact) mass is 379 g/mol. The number of hydrogen-bond donors (Lipinski definition) is 5. The van der Waals surface area contributed by atoms with Crippen LogP contribution in [0.1, 0.15) is 18.2 Å². The van der Waals surface area contributed by atoms with Gasteiger partial charge in [0, 0.05) is 23.1 Å². The molecule has 1 aromatic rings. The maximum Gasteiger partial charge on any atom is 0.472 e. The lowest BCUT2D eigenvalue weighted by Gasteiger charge is -2.26. The lowest BCUT2D eigenvalue weighted by atomic mass is 10.1. The Hall–Kier alpha value is -2.02. The van der Waals surface area contributed by atoms with Crippen LogP contribution in [-0.2, 0) is 13.8 Å². The normalized spacial score (nSPS) is 27.7. The summed E-state index contributed by atoms with van der Waals surface area (Å²) in [5.74, 6) is 0. The Balaban J connectivity index is 2.41. The highest BCUT2D eigenvalue weighted by atomic mass is 31.2. The average Bonchev–Trinajstić information content (AvgIpc) is 2.79. The SMILES string of the molecule is Cc1cn([C@H]2C[C@@](O)(N=[N+]=[N-])[C@@H](C(O)OP(=O)(O)O)O2)c(=O)[nH]c1=O. The number of ether oxygens (including phenoxy) is 1. The van der Waals surface area contributed by atoms with Crippen LogP contribution in [0.2, 0.25) is 0 Å². The van der Waals surface area contributed by atoms with Gasteiger partial charge in [-0.25, -0.2) is 9.36 Å². The number of aryl methyl sites for hydroxylation is 1. The van der Waals surface area contributed by atoms with Crippen molar-refractivity contribution in [3.05, 3.63) is 43.0 Å². The van der Waals surface area contributed by atoms with Crippen molar-refractivity contribution in [1.29, 1.82) is 0 Å². The highest BCUT2D eigenvalue weighted by Crippen LogP contribution is 2.44. The molecule has 1 aliphatic heterocycles. The number of aromatic nitrogens is 2. The van der Waals surface area contributed by atoms with Crippen molar-refractivity contribution >= 4 is 7.82 Å². The number of H-pyrrole nitrogens is 1. The fourth-order valence-electron chi connectivity index (χ4n) is 2.33. The molecule has 15 heteroatoms. The van der Waals surface area contributed by atoms with E-state index in [1.807, 2.05) is 4.98 Å². The third-order valence-electron chi connectivity index (χ3n) is 3.41. The number of phosphoric ester groups is 1. The summed E-state index contributed by atoms with van der Waals surface area (Å²) in [7, 11) is -5.16. The van der Waals surface area contributed by atoms with E-state index < -0.39 is 49.8 Å². The van der Waals surface area contributed by atoms with Crippen molar-refractivity contribution in [1.82, 2.24) is 9.55 Å². The van der Waals surface area contributed by atoms with Gasteiger partial charge in [-0.3, -0.25) is 18.9 Å². The van der Waals surface area contributed by atoms with Gasteiger partial charge < -0.3 is 24.7 Å². The number of aliphatic hydroxyl groups is 2. The highest BCUT2D eigenvalue weighted by Gasteiger charge is 2.53. The maximum absolute atomic E-state index is 11.9. The topological polar surface area (TPSA) is 220 Å². The molecule has 1 fully saturated rings. The maximum atomic E-state index is 11.9. The van der Waals surface area contributed by atoms with E-state index >= 15 is 0 Å². The van der Waals surface area contributed by atoms with Crippen LogP contribution in [0.3, 0.4) is 0 Å². The quantitative estimate of drug-likeness (QED) is 0.133. The lowest BCUT2D eigenvalue weighted by molar-refractivity contribution is -0.182. The molecular weight excluding hydrogens is 365 g/mol. The van der Waals surface area contributed by atoms with Crippen molar-refractivity contribution in [3.63, 3.8) is 0 Å². The van der Waals surface area contributed by atoms with E-state index in [1.165, 1.54) is 6.92 Å². The third kappa shape index (κ3) is 4.15. The molecule has 14 nitrogen and oxygen atoms in total.